The topological polar surface area (TPSA) is 236 Å². The van der Waals surface area contributed by atoms with Crippen molar-refractivity contribution in [3.63, 3.8) is 0 Å². The molecule has 0 spiro atoms. The average Bonchev–Trinajstić information content (AvgIpc) is 1.80. The van der Waals surface area contributed by atoms with E-state index < -0.39 is 24.2 Å². The molecule has 0 saturated heterocycles. The predicted molar refractivity (Wildman–Crippen MR) is 454 cm³/mol. The maximum absolute atomic E-state index is 11.7. The fourth-order valence-corrected chi connectivity index (χ4v) is 14.7. The number of hydrogen-bond acceptors (Lipinski definition) is 12. The molecule has 4 heterocycles. The van der Waals surface area contributed by atoms with Crippen LogP contribution in [0.1, 0.15) is 490 Å². The monoisotopic (exact) mass is 1730 g/mol. The molecule has 0 fully saturated rings. The van der Waals surface area contributed by atoms with Gasteiger partial charge in [-0.25, -0.2) is 39.1 Å². The molecule has 0 bridgehead atoms. The Labute approximate surface area is 701 Å². The minimum Gasteiger partial charge on any atom is -0.497 e. The van der Waals surface area contributed by atoms with E-state index in [1.54, 1.807) is 0 Å². The van der Waals surface area contributed by atoms with Crippen molar-refractivity contribution in [3.8, 4) is 0 Å². The largest absolute Gasteiger partial charge is 0.497 e. The summed E-state index contributed by atoms with van der Waals surface area (Å²) in [5.74, 6) is -0.780. The molecule has 0 aromatic carbocycles. The number of aliphatic hydroxyl groups is 4. The van der Waals surface area contributed by atoms with Crippen molar-refractivity contribution in [2.24, 2.45) is 20.0 Å². The number of ether oxygens (including phenoxy) is 4. The van der Waals surface area contributed by atoms with Crippen molar-refractivity contribution in [1.82, 2.24) is 0 Å². The first-order chi connectivity index (χ1) is 52.9. The first-order valence-corrected chi connectivity index (χ1v) is 46.6. The van der Waals surface area contributed by atoms with E-state index in [0.29, 0.717) is 77.8 Å². The third-order valence-electron chi connectivity index (χ3n) is 21.8. The van der Waals surface area contributed by atoms with Gasteiger partial charge in [0, 0.05) is 64.6 Å². The summed E-state index contributed by atoms with van der Waals surface area (Å²) in [6.45, 7) is 11.1. The maximum atomic E-state index is 11.7. The number of aliphatic imine (C=N–C) groups is 4. The Hall–Kier alpha value is -2.99. The quantitative estimate of drug-likeness (QED) is 0.0193. The minimum atomic E-state index is -0.467. The van der Waals surface area contributed by atoms with Crippen molar-refractivity contribution < 1.29 is 97.5 Å². The molecular formula is C92H172N4O12Rh2. The van der Waals surface area contributed by atoms with Gasteiger partial charge in [0.2, 0.25) is 0 Å². The summed E-state index contributed by atoms with van der Waals surface area (Å²) in [4.78, 5) is 62.4. The summed E-state index contributed by atoms with van der Waals surface area (Å²) in [5, 5.41) is 36.8. The predicted octanol–water partition coefficient (Wildman–Crippen LogP) is 27.6. The van der Waals surface area contributed by atoms with Gasteiger partial charge in [0.1, 0.15) is 0 Å². The number of carbonyl (C=O) groups excluding carboxylic acids is 4. The van der Waals surface area contributed by atoms with E-state index in [4.69, 9.17) is 18.9 Å². The van der Waals surface area contributed by atoms with Crippen molar-refractivity contribution in [1.29, 1.82) is 0 Å². The summed E-state index contributed by atoms with van der Waals surface area (Å²) in [7, 11) is 0. The second kappa shape index (κ2) is 85.4. The summed E-state index contributed by atoms with van der Waals surface area (Å²) in [6.07, 6.45) is 90.1. The van der Waals surface area contributed by atoms with Gasteiger partial charge in [0.05, 0.1) is 26.4 Å². The van der Waals surface area contributed by atoms with Gasteiger partial charge >= 0.3 is 23.9 Å². The van der Waals surface area contributed by atoms with Gasteiger partial charge in [-0.2, -0.15) is 0 Å². The standard InChI is InChI=1S/4C23H43NO3.2Rh/c4*1-2-3-4-5-6-7-8-9-10-11-12-13-14-15-16-17-20-27-23(26)21-18-19-22(25)24-21;;/h4*21H,2-20H2,1H3,(H,24,25);;/t4*21-;;/m0000../s1. The van der Waals surface area contributed by atoms with Gasteiger partial charge in [-0.3, -0.25) is 0 Å². The molecule has 4 N–H and O–H groups in total. The molecule has 0 amide bonds. The molecule has 650 valence electrons. The second-order valence-electron chi connectivity index (χ2n) is 32.3. The Morgan fingerprint density at radius 2 is 0.327 bits per heavy atom. The third kappa shape index (κ3) is 72.7. The van der Waals surface area contributed by atoms with Crippen molar-refractivity contribution in [3.05, 3.63) is 0 Å². The first-order valence-electron chi connectivity index (χ1n) is 46.6. The summed E-state index contributed by atoms with van der Waals surface area (Å²) in [6, 6.07) is -1.87. The molecule has 4 aliphatic heterocycles. The van der Waals surface area contributed by atoms with Crippen LogP contribution in [0.3, 0.4) is 0 Å². The van der Waals surface area contributed by atoms with Crippen LogP contribution in [0.25, 0.3) is 0 Å². The Bertz CT molecular complexity index is 1890. The van der Waals surface area contributed by atoms with Crippen molar-refractivity contribution >= 4 is 47.5 Å². The summed E-state index contributed by atoms with van der Waals surface area (Å²) < 4.78 is 20.9. The normalized spacial score (nSPS) is 16.2. The molecule has 2 radical (unpaired) electrons. The van der Waals surface area contributed by atoms with E-state index in [-0.39, 0.29) is 86.4 Å². The number of aliphatic hydroxyl groups excluding tert-OH is 4. The minimum absolute atomic E-state index is 0. The van der Waals surface area contributed by atoms with E-state index in [1.165, 1.54) is 360 Å². The van der Waals surface area contributed by atoms with Crippen LogP contribution in [-0.4, -0.2) is 118 Å². The van der Waals surface area contributed by atoms with Crippen LogP contribution in [0.5, 0.6) is 0 Å². The fraction of sp³-hybridized carbons (Fsp3) is 0.913. The number of nitrogens with zero attached hydrogens (tertiary/aromatic N) is 4. The molecule has 110 heavy (non-hydrogen) atoms. The van der Waals surface area contributed by atoms with Gasteiger partial charge in [0.15, 0.2) is 47.8 Å². The van der Waals surface area contributed by atoms with Gasteiger partial charge < -0.3 is 39.4 Å². The van der Waals surface area contributed by atoms with Crippen LogP contribution in [0, 0.1) is 0 Å². The van der Waals surface area contributed by atoms with Crippen LogP contribution < -0.4 is 0 Å². The second-order valence-corrected chi connectivity index (χ2v) is 32.3. The van der Waals surface area contributed by atoms with Crippen molar-refractivity contribution in [2.45, 2.75) is 514 Å². The maximum Gasteiger partial charge on any atom is 0.331 e. The smallest absolute Gasteiger partial charge is 0.331 e. The zero-order chi connectivity index (χ0) is 78.3. The van der Waals surface area contributed by atoms with Gasteiger partial charge in [-0.05, 0) is 51.4 Å². The van der Waals surface area contributed by atoms with Crippen LogP contribution >= 0.6 is 0 Å². The first kappa shape index (κ1) is 109. The number of esters is 4. The SMILES string of the molecule is CCCCCCCCCCCCCCCCCCOC(=O)[C@@H]1CCC(O)=N1.CCCCCCCCCCCCCCCCCCOC(=O)[C@@H]1CCC(O)=N1.CCCCCCCCCCCCCCCCCCOC(=O)[C@@H]1CCC(O)=N1.CCCCCCCCCCCCCCCCCCOC(=O)[C@@H]1CCC(O)=N1.[Rh].[Rh]. The molecule has 16 nitrogen and oxygen atoms in total. The van der Waals surface area contributed by atoms with Gasteiger partial charge in [-0.1, -0.05) is 413 Å². The number of unbranched alkanes of at least 4 members (excludes halogenated alkanes) is 60. The molecular weight excluding hydrogens is 1560 g/mol. The summed E-state index contributed by atoms with van der Waals surface area (Å²) >= 11 is 0. The molecule has 18 heteroatoms. The average molecular weight is 1730 g/mol. The van der Waals surface area contributed by atoms with E-state index in [1.807, 2.05) is 0 Å². The van der Waals surface area contributed by atoms with E-state index in [9.17, 15) is 39.6 Å². The molecule has 4 atom stereocenters. The Balaban J connectivity index is 0. The Morgan fingerprint density at radius 1 is 0.218 bits per heavy atom. The fourth-order valence-electron chi connectivity index (χ4n) is 14.7. The molecule has 0 saturated carbocycles. The van der Waals surface area contributed by atoms with Crippen LogP contribution in [-0.2, 0) is 77.1 Å². The number of carbonyl (C=O) groups is 4. The van der Waals surface area contributed by atoms with E-state index >= 15 is 0 Å². The molecule has 0 aromatic heterocycles. The van der Waals surface area contributed by atoms with Crippen LogP contribution in [0.2, 0.25) is 0 Å². The molecule has 4 aliphatic rings. The summed E-state index contributed by atoms with van der Waals surface area (Å²) in [5.41, 5.74) is 0. The molecule has 4 rings (SSSR count). The Kier molecular flexibility index (Phi) is 84.6. The number of rotatable bonds is 72. The zero-order valence-corrected chi connectivity index (χ0v) is 74.8. The van der Waals surface area contributed by atoms with Gasteiger partial charge in [-0.15, -0.1) is 0 Å². The third-order valence-corrected chi connectivity index (χ3v) is 21.8. The van der Waals surface area contributed by atoms with Crippen LogP contribution in [0.4, 0.5) is 0 Å². The van der Waals surface area contributed by atoms with Gasteiger partial charge in [0.25, 0.3) is 0 Å². The number of hydrogen-bond donors (Lipinski definition) is 4. The molecule has 0 aliphatic carbocycles. The molecule has 0 unspecified atom stereocenters. The van der Waals surface area contributed by atoms with Crippen molar-refractivity contribution in [2.75, 3.05) is 26.4 Å². The zero-order valence-electron chi connectivity index (χ0n) is 71.6. The van der Waals surface area contributed by atoms with E-state index in [0.717, 1.165) is 51.4 Å². The van der Waals surface area contributed by atoms with Crippen LogP contribution in [0.15, 0.2) is 20.0 Å². The van der Waals surface area contributed by atoms with E-state index in [2.05, 4.69) is 47.7 Å². The Morgan fingerprint density at radius 3 is 0.427 bits per heavy atom. The molecule has 0 aromatic rings.